The van der Waals surface area contributed by atoms with Crippen LogP contribution in [0.5, 0.6) is 0 Å². The zero-order valence-corrected chi connectivity index (χ0v) is 14.7. The van der Waals surface area contributed by atoms with Gasteiger partial charge in [0.1, 0.15) is 0 Å². The summed E-state index contributed by atoms with van der Waals surface area (Å²) in [5.41, 5.74) is 1.36. The van der Waals surface area contributed by atoms with Crippen LogP contribution in [0.25, 0.3) is 0 Å². The lowest BCUT2D eigenvalue weighted by molar-refractivity contribution is 0.0553. The smallest absolute Gasteiger partial charge is 0.0469 e. The lowest BCUT2D eigenvalue weighted by Gasteiger charge is -2.28. The molecule has 0 radical (unpaired) electrons. The van der Waals surface area contributed by atoms with Crippen molar-refractivity contribution in [2.75, 3.05) is 40.4 Å². The van der Waals surface area contributed by atoms with Crippen LogP contribution in [0, 0.1) is 5.92 Å². The second-order valence-corrected chi connectivity index (χ2v) is 6.92. The molecule has 1 heterocycles. The van der Waals surface area contributed by atoms with Crippen LogP contribution in [0.3, 0.4) is 0 Å². The van der Waals surface area contributed by atoms with Crippen molar-refractivity contribution in [2.24, 2.45) is 5.92 Å². The highest BCUT2D eigenvalue weighted by Gasteiger charge is 2.16. The molecule has 1 saturated heterocycles. The van der Waals surface area contributed by atoms with Crippen molar-refractivity contribution in [2.45, 2.75) is 25.3 Å². The Morgan fingerprint density at radius 1 is 1.29 bits per heavy atom. The van der Waals surface area contributed by atoms with Gasteiger partial charge in [0.15, 0.2) is 0 Å². The van der Waals surface area contributed by atoms with Gasteiger partial charge in [-0.25, -0.2) is 0 Å². The molecule has 3 nitrogen and oxygen atoms in total. The summed E-state index contributed by atoms with van der Waals surface area (Å²) < 4.78 is 6.57. The topological polar surface area (TPSA) is 24.5 Å². The summed E-state index contributed by atoms with van der Waals surface area (Å²) in [5, 5.41) is 3.43. The van der Waals surface area contributed by atoms with Gasteiger partial charge in [-0.3, -0.25) is 0 Å². The van der Waals surface area contributed by atoms with Crippen molar-refractivity contribution in [3.8, 4) is 0 Å². The number of rotatable bonds is 7. The second-order valence-electron chi connectivity index (χ2n) is 6.00. The Balaban J connectivity index is 1.77. The monoisotopic (exact) mass is 354 g/mol. The van der Waals surface area contributed by atoms with Gasteiger partial charge in [-0.05, 0) is 63.5 Å². The average molecular weight is 355 g/mol. The molecule has 1 N–H and O–H groups in total. The van der Waals surface area contributed by atoms with E-state index in [-0.39, 0.29) is 0 Å². The fraction of sp³-hybridized carbons (Fsp3) is 0.647. The first-order valence-corrected chi connectivity index (χ1v) is 8.67. The fourth-order valence-electron chi connectivity index (χ4n) is 2.98. The molecule has 0 amide bonds. The Kier molecular flexibility index (Phi) is 7.17. The van der Waals surface area contributed by atoms with Crippen LogP contribution in [0.15, 0.2) is 28.7 Å². The van der Waals surface area contributed by atoms with E-state index in [0.29, 0.717) is 6.04 Å². The molecule has 118 valence electrons. The number of nitrogens with one attached hydrogen (secondary N) is 1. The van der Waals surface area contributed by atoms with Gasteiger partial charge in [0.2, 0.25) is 0 Å². The molecule has 1 aliphatic heterocycles. The van der Waals surface area contributed by atoms with Gasteiger partial charge < -0.3 is 15.0 Å². The molecule has 0 aromatic heterocycles. The molecule has 0 bridgehead atoms. The highest BCUT2D eigenvalue weighted by Crippen LogP contribution is 2.20. The van der Waals surface area contributed by atoms with E-state index in [1.165, 1.54) is 24.9 Å². The number of hydrogen-bond acceptors (Lipinski definition) is 3. The Morgan fingerprint density at radius 2 is 1.95 bits per heavy atom. The average Bonchev–Trinajstić information content (AvgIpc) is 2.50. The van der Waals surface area contributed by atoms with Crippen molar-refractivity contribution in [1.82, 2.24) is 10.2 Å². The predicted octanol–water partition coefficient (Wildman–Crippen LogP) is 3.46. The largest absolute Gasteiger partial charge is 0.381 e. The van der Waals surface area contributed by atoms with E-state index in [9.17, 15) is 0 Å². The van der Waals surface area contributed by atoms with E-state index in [2.05, 4.69) is 57.5 Å². The highest BCUT2D eigenvalue weighted by molar-refractivity contribution is 9.10. The van der Waals surface area contributed by atoms with Crippen molar-refractivity contribution in [3.63, 3.8) is 0 Å². The van der Waals surface area contributed by atoms with Gasteiger partial charge in [-0.2, -0.15) is 0 Å². The molecule has 1 unspecified atom stereocenters. The molecular formula is C17H27BrN2O. The minimum absolute atomic E-state index is 0.426. The van der Waals surface area contributed by atoms with Crippen LogP contribution in [0.2, 0.25) is 0 Å². The summed E-state index contributed by atoms with van der Waals surface area (Å²) in [4.78, 5) is 2.47. The molecule has 1 atom stereocenters. The lowest BCUT2D eigenvalue weighted by atomic mass is 9.99. The SMILES string of the molecule is CNC(CCN(C)CC1CCOCC1)c1ccc(Br)cc1. The molecule has 0 saturated carbocycles. The van der Waals surface area contributed by atoms with E-state index in [0.717, 1.165) is 36.6 Å². The Morgan fingerprint density at radius 3 is 2.57 bits per heavy atom. The number of ether oxygens (including phenoxy) is 1. The lowest BCUT2D eigenvalue weighted by Crippen LogP contribution is -2.32. The summed E-state index contributed by atoms with van der Waals surface area (Å²) in [6, 6.07) is 9.06. The standard InChI is InChI=1S/C17H27BrN2O/c1-19-17(15-3-5-16(18)6-4-15)7-10-20(2)13-14-8-11-21-12-9-14/h3-6,14,17,19H,7-13H2,1-2H3. The number of halogens is 1. The summed E-state index contributed by atoms with van der Waals surface area (Å²) in [6.45, 7) is 4.20. The van der Waals surface area contributed by atoms with Gasteiger partial charge in [0.05, 0.1) is 0 Å². The van der Waals surface area contributed by atoms with E-state index < -0.39 is 0 Å². The summed E-state index contributed by atoms with van der Waals surface area (Å²) >= 11 is 3.50. The first kappa shape index (κ1) is 16.9. The molecule has 1 fully saturated rings. The molecule has 0 aliphatic carbocycles. The van der Waals surface area contributed by atoms with E-state index in [1.54, 1.807) is 0 Å². The quantitative estimate of drug-likeness (QED) is 0.811. The molecule has 1 aliphatic rings. The Bertz CT molecular complexity index is 404. The van der Waals surface area contributed by atoms with Crippen molar-refractivity contribution in [1.29, 1.82) is 0 Å². The third kappa shape index (κ3) is 5.70. The van der Waals surface area contributed by atoms with Crippen LogP contribution in [0.4, 0.5) is 0 Å². The van der Waals surface area contributed by atoms with E-state index >= 15 is 0 Å². The molecule has 2 rings (SSSR count). The fourth-order valence-corrected chi connectivity index (χ4v) is 3.25. The van der Waals surface area contributed by atoms with Crippen molar-refractivity contribution in [3.05, 3.63) is 34.3 Å². The first-order chi connectivity index (χ1) is 10.2. The van der Waals surface area contributed by atoms with Crippen LogP contribution in [-0.2, 0) is 4.74 Å². The normalized spacial score (nSPS) is 18.1. The molecular weight excluding hydrogens is 328 g/mol. The summed E-state index contributed by atoms with van der Waals surface area (Å²) in [7, 11) is 4.29. The maximum absolute atomic E-state index is 5.43. The molecule has 21 heavy (non-hydrogen) atoms. The minimum Gasteiger partial charge on any atom is -0.381 e. The zero-order chi connectivity index (χ0) is 15.1. The minimum atomic E-state index is 0.426. The van der Waals surface area contributed by atoms with Gasteiger partial charge in [0, 0.05) is 30.3 Å². The molecule has 1 aromatic rings. The van der Waals surface area contributed by atoms with Gasteiger partial charge in [0.25, 0.3) is 0 Å². The van der Waals surface area contributed by atoms with Crippen LogP contribution in [-0.4, -0.2) is 45.3 Å². The maximum atomic E-state index is 5.43. The number of benzene rings is 1. The van der Waals surface area contributed by atoms with Gasteiger partial charge in [-0.15, -0.1) is 0 Å². The van der Waals surface area contributed by atoms with Crippen LogP contribution in [0.1, 0.15) is 30.9 Å². The number of nitrogens with zero attached hydrogens (tertiary/aromatic N) is 1. The number of hydrogen-bond donors (Lipinski definition) is 1. The van der Waals surface area contributed by atoms with Crippen molar-refractivity contribution < 1.29 is 4.74 Å². The van der Waals surface area contributed by atoms with E-state index in [1.807, 2.05) is 7.05 Å². The van der Waals surface area contributed by atoms with Gasteiger partial charge in [-0.1, -0.05) is 28.1 Å². The summed E-state index contributed by atoms with van der Waals surface area (Å²) in [5.74, 6) is 0.810. The molecule has 4 heteroatoms. The first-order valence-electron chi connectivity index (χ1n) is 7.88. The molecule has 1 aromatic carbocycles. The van der Waals surface area contributed by atoms with Crippen LogP contribution >= 0.6 is 15.9 Å². The van der Waals surface area contributed by atoms with Crippen LogP contribution < -0.4 is 5.32 Å². The third-order valence-corrected chi connectivity index (χ3v) is 4.86. The Labute approximate surface area is 137 Å². The molecule has 0 spiro atoms. The maximum Gasteiger partial charge on any atom is 0.0469 e. The van der Waals surface area contributed by atoms with E-state index in [4.69, 9.17) is 4.74 Å². The van der Waals surface area contributed by atoms with Gasteiger partial charge >= 0.3 is 0 Å². The Hall–Kier alpha value is -0.420. The third-order valence-electron chi connectivity index (χ3n) is 4.33. The zero-order valence-electron chi connectivity index (χ0n) is 13.1. The summed E-state index contributed by atoms with van der Waals surface area (Å²) in [6.07, 6.45) is 3.57. The second kappa shape index (κ2) is 8.89. The highest BCUT2D eigenvalue weighted by atomic mass is 79.9. The predicted molar refractivity (Wildman–Crippen MR) is 91.6 cm³/mol. The van der Waals surface area contributed by atoms with Crippen molar-refractivity contribution >= 4 is 15.9 Å².